The van der Waals surface area contributed by atoms with Crippen molar-refractivity contribution in [2.24, 2.45) is 11.8 Å². The van der Waals surface area contributed by atoms with Crippen LogP contribution in [-0.2, 0) is 21.4 Å². The van der Waals surface area contributed by atoms with Crippen molar-refractivity contribution in [3.05, 3.63) is 35.3 Å². The fourth-order valence-corrected chi connectivity index (χ4v) is 5.51. The van der Waals surface area contributed by atoms with Crippen molar-refractivity contribution in [2.45, 2.75) is 51.0 Å². The molecule has 2 aromatic heterocycles. The highest BCUT2D eigenvalue weighted by Crippen LogP contribution is 2.29. The summed E-state index contributed by atoms with van der Waals surface area (Å²) in [5, 5.41) is 6.68. The normalized spacial score (nSPS) is 18.1. The van der Waals surface area contributed by atoms with Crippen molar-refractivity contribution in [1.29, 1.82) is 0 Å². The van der Waals surface area contributed by atoms with Crippen LogP contribution in [0.2, 0.25) is 0 Å². The Morgan fingerprint density at radius 2 is 1.97 bits per heavy atom. The summed E-state index contributed by atoms with van der Waals surface area (Å²) < 4.78 is 37.8. The highest BCUT2D eigenvalue weighted by Gasteiger charge is 2.35. The van der Waals surface area contributed by atoms with Gasteiger partial charge in [-0.2, -0.15) is 4.31 Å². The maximum absolute atomic E-state index is 12.9. The first kappa shape index (κ1) is 21.8. The standard InChI is InChI=1S/C21H28N4O5S/c1-14-20(15(2)30-24-14)31(27,28)25-9-7-18(8-10-25)21(26)23-12-17-5-6-19(22-11-17)29-13-16-3-4-16/h5-6,11,16,18H,3-4,7-10,12-13H2,1-2H3,(H,23,26). The Labute approximate surface area is 182 Å². The van der Waals surface area contributed by atoms with Crippen molar-refractivity contribution in [1.82, 2.24) is 19.8 Å². The van der Waals surface area contributed by atoms with Gasteiger partial charge in [-0.1, -0.05) is 11.2 Å². The van der Waals surface area contributed by atoms with Gasteiger partial charge in [-0.3, -0.25) is 4.79 Å². The second-order valence-corrected chi connectivity index (χ2v) is 10.2. The molecular formula is C21H28N4O5S. The van der Waals surface area contributed by atoms with E-state index >= 15 is 0 Å². The van der Waals surface area contributed by atoms with Crippen molar-refractivity contribution in [2.75, 3.05) is 19.7 Å². The van der Waals surface area contributed by atoms with Gasteiger partial charge in [0.15, 0.2) is 5.76 Å². The van der Waals surface area contributed by atoms with E-state index in [9.17, 15) is 13.2 Å². The molecule has 3 heterocycles. The molecule has 2 aromatic rings. The van der Waals surface area contributed by atoms with Crippen molar-refractivity contribution in [3.63, 3.8) is 0 Å². The van der Waals surface area contributed by atoms with Crippen LogP contribution in [-0.4, -0.2) is 48.5 Å². The Morgan fingerprint density at radius 3 is 2.55 bits per heavy atom. The number of carbonyl (C=O) groups excluding carboxylic acids is 1. The molecule has 1 N–H and O–H groups in total. The lowest BCUT2D eigenvalue weighted by molar-refractivity contribution is -0.126. The van der Waals surface area contributed by atoms with Crippen LogP contribution in [0.1, 0.15) is 42.7 Å². The van der Waals surface area contributed by atoms with E-state index in [-0.39, 0.29) is 22.5 Å². The number of aryl methyl sites for hydroxylation is 2. The van der Waals surface area contributed by atoms with Crippen molar-refractivity contribution >= 4 is 15.9 Å². The summed E-state index contributed by atoms with van der Waals surface area (Å²) in [4.78, 5) is 17.0. The lowest BCUT2D eigenvalue weighted by atomic mass is 9.97. The number of carbonyl (C=O) groups is 1. The van der Waals surface area contributed by atoms with Gasteiger partial charge in [0.05, 0.1) is 6.61 Å². The maximum Gasteiger partial charge on any atom is 0.248 e. The first-order chi connectivity index (χ1) is 14.8. The van der Waals surface area contributed by atoms with Crippen molar-refractivity contribution < 1.29 is 22.5 Å². The molecule has 4 rings (SSSR count). The summed E-state index contributed by atoms with van der Waals surface area (Å²) in [5.41, 5.74) is 1.25. The van der Waals surface area contributed by atoms with E-state index in [1.165, 1.54) is 17.1 Å². The number of pyridine rings is 1. The fraction of sp³-hybridized carbons (Fsp3) is 0.571. The van der Waals surface area contributed by atoms with E-state index in [4.69, 9.17) is 9.26 Å². The molecule has 0 atom stereocenters. The Balaban J connectivity index is 1.25. The van der Waals surface area contributed by atoms with Crippen LogP contribution < -0.4 is 10.1 Å². The van der Waals surface area contributed by atoms with E-state index in [1.54, 1.807) is 20.0 Å². The molecule has 0 bridgehead atoms. The van der Waals surface area contributed by atoms with Crippen LogP contribution in [0, 0.1) is 25.7 Å². The van der Waals surface area contributed by atoms with Crippen LogP contribution in [0.4, 0.5) is 0 Å². The van der Waals surface area contributed by atoms with Gasteiger partial charge in [0, 0.05) is 37.8 Å². The zero-order valence-corrected chi connectivity index (χ0v) is 18.7. The SMILES string of the molecule is Cc1noc(C)c1S(=O)(=O)N1CCC(C(=O)NCc2ccc(OCC3CC3)nc2)CC1. The third kappa shape index (κ3) is 5.07. The molecule has 168 valence electrons. The Morgan fingerprint density at radius 1 is 1.23 bits per heavy atom. The molecule has 1 aliphatic heterocycles. The number of ether oxygens (including phenoxy) is 1. The number of aromatic nitrogens is 2. The highest BCUT2D eigenvalue weighted by molar-refractivity contribution is 7.89. The zero-order valence-electron chi connectivity index (χ0n) is 17.8. The number of sulfonamides is 1. The third-order valence-corrected chi connectivity index (χ3v) is 7.96. The van der Waals surface area contributed by atoms with Gasteiger partial charge < -0.3 is 14.6 Å². The number of hydrogen-bond acceptors (Lipinski definition) is 7. The molecule has 0 unspecified atom stereocenters. The quantitative estimate of drug-likeness (QED) is 0.658. The zero-order chi connectivity index (χ0) is 22.0. The number of piperidine rings is 1. The molecule has 1 saturated heterocycles. The molecule has 1 saturated carbocycles. The second kappa shape index (κ2) is 8.96. The van der Waals surface area contributed by atoms with Crippen LogP contribution in [0.25, 0.3) is 0 Å². The summed E-state index contributed by atoms with van der Waals surface area (Å²) in [5.74, 6) is 1.28. The lowest BCUT2D eigenvalue weighted by Crippen LogP contribution is -2.43. The lowest BCUT2D eigenvalue weighted by Gasteiger charge is -2.30. The fourth-order valence-electron chi connectivity index (χ4n) is 3.75. The summed E-state index contributed by atoms with van der Waals surface area (Å²) in [6, 6.07) is 3.72. The highest BCUT2D eigenvalue weighted by atomic mass is 32.2. The second-order valence-electron chi connectivity index (χ2n) is 8.31. The van der Waals surface area contributed by atoms with Gasteiger partial charge in [-0.15, -0.1) is 0 Å². The molecule has 1 amide bonds. The molecule has 0 spiro atoms. The number of hydrogen-bond donors (Lipinski definition) is 1. The Hall–Kier alpha value is -2.46. The first-order valence-electron chi connectivity index (χ1n) is 10.6. The first-order valence-corrected chi connectivity index (χ1v) is 12.1. The van der Waals surface area contributed by atoms with E-state index in [0.717, 1.165) is 5.56 Å². The minimum absolute atomic E-state index is 0.0663. The smallest absolute Gasteiger partial charge is 0.248 e. The monoisotopic (exact) mass is 448 g/mol. The molecule has 0 aromatic carbocycles. The molecule has 1 aliphatic carbocycles. The van der Waals surface area contributed by atoms with E-state index in [2.05, 4.69) is 15.5 Å². The summed E-state index contributed by atoms with van der Waals surface area (Å²) >= 11 is 0. The summed E-state index contributed by atoms with van der Waals surface area (Å²) in [7, 11) is -3.67. The number of amides is 1. The molecular weight excluding hydrogens is 420 g/mol. The average molecular weight is 449 g/mol. The third-order valence-electron chi connectivity index (χ3n) is 5.82. The van der Waals surface area contributed by atoms with Gasteiger partial charge in [0.1, 0.15) is 10.6 Å². The molecule has 10 heteroatoms. The minimum atomic E-state index is -3.67. The largest absolute Gasteiger partial charge is 0.477 e. The maximum atomic E-state index is 12.9. The topological polar surface area (TPSA) is 115 Å². The van der Waals surface area contributed by atoms with Crippen LogP contribution >= 0.6 is 0 Å². The van der Waals surface area contributed by atoms with E-state index in [1.807, 2.05) is 12.1 Å². The number of nitrogens with one attached hydrogen (secondary N) is 1. The Bertz CT molecular complexity index is 1000. The van der Waals surface area contributed by atoms with Gasteiger partial charge in [-0.25, -0.2) is 13.4 Å². The molecule has 2 aliphatic rings. The molecule has 9 nitrogen and oxygen atoms in total. The average Bonchev–Trinajstić information content (AvgIpc) is 3.53. The van der Waals surface area contributed by atoms with Gasteiger partial charge in [0.2, 0.25) is 21.8 Å². The van der Waals surface area contributed by atoms with Crippen LogP contribution in [0.3, 0.4) is 0 Å². The predicted octanol–water partition coefficient (Wildman–Crippen LogP) is 2.19. The number of nitrogens with zero attached hydrogens (tertiary/aromatic N) is 3. The van der Waals surface area contributed by atoms with Crippen LogP contribution in [0.5, 0.6) is 5.88 Å². The molecule has 2 fully saturated rings. The van der Waals surface area contributed by atoms with Gasteiger partial charge >= 0.3 is 0 Å². The van der Waals surface area contributed by atoms with Gasteiger partial charge in [0.25, 0.3) is 0 Å². The van der Waals surface area contributed by atoms with E-state index < -0.39 is 10.0 Å². The molecule has 31 heavy (non-hydrogen) atoms. The number of rotatable bonds is 8. The summed E-state index contributed by atoms with van der Waals surface area (Å²) in [6.45, 7) is 4.89. The summed E-state index contributed by atoms with van der Waals surface area (Å²) in [6.07, 6.45) is 5.12. The Kier molecular flexibility index (Phi) is 6.29. The van der Waals surface area contributed by atoms with Crippen LogP contribution in [0.15, 0.2) is 27.7 Å². The molecule has 0 radical (unpaired) electrons. The van der Waals surface area contributed by atoms with Crippen molar-refractivity contribution in [3.8, 4) is 5.88 Å². The van der Waals surface area contributed by atoms with Gasteiger partial charge in [-0.05, 0) is 51.0 Å². The minimum Gasteiger partial charge on any atom is -0.477 e. The predicted molar refractivity (Wildman–Crippen MR) is 112 cm³/mol. The van der Waals surface area contributed by atoms with E-state index in [0.29, 0.717) is 56.6 Å².